The summed E-state index contributed by atoms with van der Waals surface area (Å²) >= 11 is 0. The summed E-state index contributed by atoms with van der Waals surface area (Å²) in [6.07, 6.45) is 8.48. The highest BCUT2D eigenvalue weighted by atomic mass is 15.1. The summed E-state index contributed by atoms with van der Waals surface area (Å²) in [6, 6.07) is 0.812. The second-order valence-corrected chi connectivity index (χ2v) is 6.14. The van der Waals surface area contributed by atoms with Crippen molar-refractivity contribution in [2.24, 2.45) is 23.5 Å². The van der Waals surface area contributed by atoms with Crippen molar-refractivity contribution >= 4 is 0 Å². The van der Waals surface area contributed by atoms with Crippen molar-refractivity contribution < 1.29 is 0 Å². The zero-order chi connectivity index (χ0) is 11.5. The van der Waals surface area contributed by atoms with E-state index in [1.54, 1.807) is 0 Å². The van der Waals surface area contributed by atoms with Gasteiger partial charge in [0, 0.05) is 12.6 Å². The molecule has 0 bridgehead atoms. The molecule has 2 heteroatoms. The predicted octanol–water partition coefficient (Wildman–Crippen LogP) is 2.48. The summed E-state index contributed by atoms with van der Waals surface area (Å²) in [5.41, 5.74) is 5.74. The second-order valence-electron chi connectivity index (χ2n) is 6.14. The normalized spacial score (nSPS) is 33.0. The van der Waals surface area contributed by atoms with Crippen molar-refractivity contribution in [3.63, 3.8) is 0 Å². The molecule has 0 amide bonds. The molecule has 0 aliphatic heterocycles. The van der Waals surface area contributed by atoms with E-state index in [2.05, 4.69) is 18.9 Å². The monoisotopic (exact) mass is 224 g/mol. The van der Waals surface area contributed by atoms with E-state index in [1.165, 1.54) is 45.1 Å². The smallest absolute Gasteiger partial charge is 0.00922 e. The highest BCUT2D eigenvalue weighted by Crippen LogP contribution is 2.36. The fourth-order valence-electron chi connectivity index (χ4n) is 3.16. The third-order valence-corrected chi connectivity index (χ3v) is 4.85. The quantitative estimate of drug-likeness (QED) is 0.777. The van der Waals surface area contributed by atoms with Crippen LogP contribution < -0.4 is 5.73 Å². The minimum absolute atomic E-state index is 0.812. The van der Waals surface area contributed by atoms with Crippen LogP contribution in [-0.4, -0.2) is 31.1 Å². The fraction of sp³-hybridized carbons (Fsp3) is 1.00. The summed E-state index contributed by atoms with van der Waals surface area (Å²) in [4.78, 5) is 2.60. The summed E-state index contributed by atoms with van der Waals surface area (Å²) in [5.74, 6) is 2.77. The molecule has 2 aliphatic rings. The molecule has 2 fully saturated rings. The van der Waals surface area contributed by atoms with Crippen LogP contribution in [0.1, 0.15) is 45.4 Å². The van der Waals surface area contributed by atoms with Crippen molar-refractivity contribution in [1.29, 1.82) is 0 Å². The molecule has 0 heterocycles. The Kier molecular flexibility index (Phi) is 4.26. The average Bonchev–Trinajstić information content (AvgIpc) is 3.13. The van der Waals surface area contributed by atoms with E-state index in [1.807, 2.05) is 0 Å². The Morgan fingerprint density at radius 3 is 2.12 bits per heavy atom. The molecule has 1 atom stereocenters. The van der Waals surface area contributed by atoms with Gasteiger partial charge < -0.3 is 10.6 Å². The van der Waals surface area contributed by atoms with Gasteiger partial charge in [-0.1, -0.05) is 0 Å². The lowest BCUT2D eigenvalue weighted by Crippen LogP contribution is -2.36. The number of nitrogens with two attached hydrogens (primary N) is 1. The van der Waals surface area contributed by atoms with Gasteiger partial charge in [-0.05, 0) is 76.8 Å². The van der Waals surface area contributed by atoms with Crippen LogP contribution in [0, 0.1) is 17.8 Å². The van der Waals surface area contributed by atoms with Crippen LogP contribution in [0.5, 0.6) is 0 Å². The van der Waals surface area contributed by atoms with E-state index in [0.717, 1.165) is 30.3 Å². The van der Waals surface area contributed by atoms with Gasteiger partial charge in [0.25, 0.3) is 0 Å². The van der Waals surface area contributed by atoms with Gasteiger partial charge >= 0.3 is 0 Å². The molecule has 1 unspecified atom stereocenters. The summed E-state index contributed by atoms with van der Waals surface area (Å²) in [7, 11) is 2.32. The van der Waals surface area contributed by atoms with Gasteiger partial charge in [-0.25, -0.2) is 0 Å². The standard InChI is InChI=1S/C14H28N2/c1-11(14-7-8-14)16(2)10-13-5-3-12(9-15)4-6-13/h11-14H,3-10,15H2,1-2H3. The Hall–Kier alpha value is -0.0800. The van der Waals surface area contributed by atoms with Gasteiger partial charge in [-0.2, -0.15) is 0 Å². The maximum atomic E-state index is 5.74. The molecule has 2 saturated carbocycles. The van der Waals surface area contributed by atoms with Gasteiger partial charge in [0.2, 0.25) is 0 Å². The molecule has 2 nitrogen and oxygen atoms in total. The average molecular weight is 224 g/mol. The van der Waals surface area contributed by atoms with Crippen LogP contribution >= 0.6 is 0 Å². The lowest BCUT2D eigenvalue weighted by molar-refractivity contribution is 0.163. The van der Waals surface area contributed by atoms with E-state index < -0.39 is 0 Å². The first kappa shape index (κ1) is 12.4. The van der Waals surface area contributed by atoms with Gasteiger partial charge in [0.15, 0.2) is 0 Å². The maximum Gasteiger partial charge on any atom is 0.00922 e. The first-order valence-electron chi connectivity index (χ1n) is 7.11. The fourth-order valence-corrected chi connectivity index (χ4v) is 3.16. The van der Waals surface area contributed by atoms with Gasteiger partial charge in [-0.15, -0.1) is 0 Å². The maximum absolute atomic E-state index is 5.74. The molecule has 0 radical (unpaired) electrons. The molecular weight excluding hydrogens is 196 g/mol. The molecule has 0 spiro atoms. The van der Waals surface area contributed by atoms with Crippen LogP contribution in [-0.2, 0) is 0 Å². The van der Waals surface area contributed by atoms with Gasteiger partial charge in [0.05, 0.1) is 0 Å². The predicted molar refractivity (Wildman–Crippen MR) is 69.3 cm³/mol. The van der Waals surface area contributed by atoms with E-state index in [4.69, 9.17) is 5.73 Å². The topological polar surface area (TPSA) is 29.3 Å². The largest absolute Gasteiger partial charge is 0.330 e. The van der Waals surface area contributed by atoms with Crippen LogP contribution in [0.15, 0.2) is 0 Å². The van der Waals surface area contributed by atoms with Crippen LogP contribution in [0.25, 0.3) is 0 Å². The van der Waals surface area contributed by atoms with Crippen LogP contribution in [0.3, 0.4) is 0 Å². The number of hydrogen-bond donors (Lipinski definition) is 1. The Morgan fingerprint density at radius 1 is 1.06 bits per heavy atom. The molecule has 0 saturated heterocycles. The Balaban J connectivity index is 1.69. The molecule has 0 aromatic heterocycles. The highest BCUT2D eigenvalue weighted by Gasteiger charge is 2.31. The van der Waals surface area contributed by atoms with Crippen LogP contribution in [0.2, 0.25) is 0 Å². The SMILES string of the molecule is CC(C1CC1)N(C)CC1CCC(CN)CC1. The number of nitrogens with zero attached hydrogens (tertiary/aromatic N) is 1. The minimum Gasteiger partial charge on any atom is -0.330 e. The zero-order valence-electron chi connectivity index (χ0n) is 11.0. The Bertz CT molecular complexity index is 205. The van der Waals surface area contributed by atoms with Crippen molar-refractivity contribution in [3.05, 3.63) is 0 Å². The van der Waals surface area contributed by atoms with Crippen molar-refractivity contribution in [3.8, 4) is 0 Å². The van der Waals surface area contributed by atoms with E-state index in [-0.39, 0.29) is 0 Å². The van der Waals surface area contributed by atoms with E-state index in [0.29, 0.717) is 0 Å². The summed E-state index contributed by atoms with van der Waals surface area (Å²) in [5, 5.41) is 0. The zero-order valence-corrected chi connectivity index (χ0v) is 11.0. The molecule has 2 rings (SSSR count). The van der Waals surface area contributed by atoms with Crippen LogP contribution in [0.4, 0.5) is 0 Å². The first-order valence-corrected chi connectivity index (χ1v) is 7.11. The summed E-state index contributed by atoms with van der Waals surface area (Å²) < 4.78 is 0. The molecule has 2 aliphatic carbocycles. The molecule has 0 aromatic carbocycles. The van der Waals surface area contributed by atoms with Gasteiger partial charge in [-0.3, -0.25) is 0 Å². The second kappa shape index (κ2) is 5.50. The first-order chi connectivity index (χ1) is 7.70. The third kappa shape index (κ3) is 3.21. The number of rotatable bonds is 5. The van der Waals surface area contributed by atoms with E-state index >= 15 is 0 Å². The lowest BCUT2D eigenvalue weighted by atomic mass is 9.82. The molecule has 0 aromatic rings. The van der Waals surface area contributed by atoms with Crippen molar-refractivity contribution in [1.82, 2.24) is 4.90 Å². The lowest BCUT2D eigenvalue weighted by Gasteiger charge is -2.33. The van der Waals surface area contributed by atoms with Gasteiger partial charge in [0.1, 0.15) is 0 Å². The Labute approximate surface area is 101 Å². The molecule has 16 heavy (non-hydrogen) atoms. The van der Waals surface area contributed by atoms with Crippen molar-refractivity contribution in [2.75, 3.05) is 20.1 Å². The Morgan fingerprint density at radius 2 is 1.62 bits per heavy atom. The van der Waals surface area contributed by atoms with Crippen molar-refractivity contribution in [2.45, 2.75) is 51.5 Å². The summed E-state index contributed by atoms with van der Waals surface area (Å²) in [6.45, 7) is 4.62. The molecule has 94 valence electrons. The highest BCUT2D eigenvalue weighted by molar-refractivity contribution is 4.85. The molecular formula is C14H28N2. The minimum atomic E-state index is 0.812. The van der Waals surface area contributed by atoms with E-state index in [9.17, 15) is 0 Å². The molecule has 2 N–H and O–H groups in total. The number of hydrogen-bond acceptors (Lipinski definition) is 2. The third-order valence-electron chi connectivity index (χ3n) is 4.85.